The summed E-state index contributed by atoms with van der Waals surface area (Å²) in [6.07, 6.45) is -4.35. The van der Waals surface area contributed by atoms with E-state index in [-0.39, 0.29) is 30.5 Å². The van der Waals surface area contributed by atoms with E-state index in [0.717, 1.165) is 30.0 Å². The number of nitrogens with one attached hydrogen (secondary N) is 2. The van der Waals surface area contributed by atoms with Crippen molar-refractivity contribution in [3.8, 4) is 5.75 Å². The average molecular weight is 536 g/mol. The molecular formula is C21H28F3IN4O. The van der Waals surface area contributed by atoms with Gasteiger partial charge in [0.1, 0.15) is 12.4 Å². The zero-order valence-corrected chi connectivity index (χ0v) is 19.6. The van der Waals surface area contributed by atoms with Gasteiger partial charge in [0.2, 0.25) is 0 Å². The quantitative estimate of drug-likeness (QED) is 0.303. The van der Waals surface area contributed by atoms with Crippen LogP contribution in [-0.2, 0) is 19.3 Å². The van der Waals surface area contributed by atoms with Crippen molar-refractivity contribution < 1.29 is 17.9 Å². The summed E-state index contributed by atoms with van der Waals surface area (Å²) in [5.74, 6) is 1.29. The number of guanidine groups is 1. The summed E-state index contributed by atoms with van der Waals surface area (Å²) in [4.78, 5) is 6.16. The van der Waals surface area contributed by atoms with Crippen LogP contribution in [0.25, 0.3) is 0 Å². The molecule has 0 aliphatic heterocycles. The Morgan fingerprint density at radius 2 is 1.60 bits per heavy atom. The standard InChI is InChI=1S/C21H27F3N4O.HI/c1-25-20(26-14-16-6-4-8-18(12-16)21(22,23)24)27-15-17-7-5-9-19(13-17)29-11-10-28(2)3;/h4-9,12-13H,10-11,14-15H2,1-3H3,(H2,25,26,27);1H. The van der Waals surface area contributed by atoms with Crippen LogP contribution in [-0.4, -0.2) is 45.2 Å². The molecule has 0 heterocycles. The van der Waals surface area contributed by atoms with Crippen molar-refractivity contribution >= 4 is 29.9 Å². The SMILES string of the molecule is CN=C(NCc1cccc(OCCN(C)C)c1)NCc1cccc(C(F)(F)F)c1.I. The molecule has 0 aliphatic carbocycles. The van der Waals surface area contributed by atoms with Crippen LogP contribution < -0.4 is 15.4 Å². The van der Waals surface area contributed by atoms with E-state index in [2.05, 4.69) is 15.6 Å². The Labute approximate surface area is 192 Å². The molecule has 2 aromatic carbocycles. The predicted molar refractivity (Wildman–Crippen MR) is 124 cm³/mol. The molecule has 2 N–H and O–H groups in total. The van der Waals surface area contributed by atoms with Crippen LogP contribution >= 0.6 is 24.0 Å². The first-order valence-corrected chi connectivity index (χ1v) is 9.25. The Balaban J connectivity index is 0.00000450. The normalized spacial score (nSPS) is 11.8. The van der Waals surface area contributed by atoms with Crippen LogP contribution in [0.15, 0.2) is 53.5 Å². The molecule has 0 aromatic heterocycles. The predicted octanol–water partition coefficient (Wildman–Crippen LogP) is 4.13. The fourth-order valence-electron chi connectivity index (χ4n) is 2.54. The van der Waals surface area contributed by atoms with E-state index >= 15 is 0 Å². The molecule has 0 unspecified atom stereocenters. The maximum absolute atomic E-state index is 12.8. The second-order valence-corrected chi connectivity index (χ2v) is 6.78. The maximum atomic E-state index is 12.8. The Kier molecular flexibility index (Phi) is 11.0. The van der Waals surface area contributed by atoms with Crippen LogP contribution in [0, 0.1) is 0 Å². The van der Waals surface area contributed by atoms with Gasteiger partial charge in [0, 0.05) is 26.7 Å². The van der Waals surface area contributed by atoms with Gasteiger partial charge in [-0.2, -0.15) is 13.2 Å². The molecule has 166 valence electrons. The molecule has 0 amide bonds. The highest BCUT2D eigenvalue weighted by Crippen LogP contribution is 2.29. The van der Waals surface area contributed by atoms with Crippen LogP contribution in [0.3, 0.4) is 0 Å². The molecule has 0 bridgehead atoms. The summed E-state index contributed by atoms with van der Waals surface area (Å²) in [6, 6.07) is 13.0. The van der Waals surface area contributed by atoms with E-state index in [1.807, 2.05) is 43.3 Å². The van der Waals surface area contributed by atoms with Crippen LogP contribution in [0.4, 0.5) is 13.2 Å². The molecule has 2 rings (SSSR count). The van der Waals surface area contributed by atoms with Crippen LogP contribution in [0.1, 0.15) is 16.7 Å². The third kappa shape index (κ3) is 9.21. The van der Waals surface area contributed by atoms with E-state index in [9.17, 15) is 13.2 Å². The molecule has 0 spiro atoms. The van der Waals surface area contributed by atoms with Gasteiger partial charge in [-0.25, -0.2) is 0 Å². The minimum absolute atomic E-state index is 0. The van der Waals surface area contributed by atoms with E-state index in [0.29, 0.717) is 24.7 Å². The lowest BCUT2D eigenvalue weighted by molar-refractivity contribution is -0.137. The second-order valence-electron chi connectivity index (χ2n) is 6.78. The number of halogens is 4. The number of aliphatic imine (C=N–C) groups is 1. The first-order chi connectivity index (χ1) is 13.8. The number of hydrogen-bond acceptors (Lipinski definition) is 3. The molecular weight excluding hydrogens is 508 g/mol. The summed E-state index contributed by atoms with van der Waals surface area (Å²) < 4.78 is 44.2. The summed E-state index contributed by atoms with van der Waals surface area (Å²) in [6.45, 7) is 2.17. The summed E-state index contributed by atoms with van der Waals surface area (Å²) in [7, 11) is 5.59. The molecule has 2 aromatic rings. The monoisotopic (exact) mass is 536 g/mol. The minimum Gasteiger partial charge on any atom is -0.492 e. The van der Waals surface area contributed by atoms with E-state index in [1.54, 1.807) is 13.1 Å². The molecule has 0 saturated carbocycles. The lowest BCUT2D eigenvalue weighted by atomic mass is 10.1. The smallest absolute Gasteiger partial charge is 0.416 e. The van der Waals surface area contributed by atoms with Crippen molar-refractivity contribution in [1.29, 1.82) is 0 Å². The van der Waals surface area contributed by atoms with Crippen molar-refractivity contribution in [2.24, 2.45) is 4.99 Å². The first-order valence-electron chi connectivity index (χ1n) is 9.25. The number of hydrogen-bond donors (Lipinski definition) is 2. The van der Waals surface area contributed by atoms with Gasteiger partial charge in [-0.1, -0.05) is 24.3 Å². The van der Waals surface area contributed by atoms with E-state index in [1.165, 1.54) is 6.07 Å². The molecule has 30 heavy (non-hydrogen) atoms. The molecule has 0 atom stereocenters. The first kappa shape index (κ1) is 26.0. The Hall–Kier alpha value is -2.01. The Bertz CT molecular complexity index is 813. The minimum atomic E-state index is -4.35. The molecule has 5 nitrogen and oxygen atoms in total. The van der Waals surface area contributed by atoms with Crippen molar-refractivity contribution in [3.63, 3.8) is 0 Å². The summed E-state index contributed by atoms with van der Waals surface area (Å²) in [5, 5.41) is 6.19. The Morgan fingerprint density at radius 3 is 2.17 bits per heavy atom. The number of ether oxygens (including phenoxy) is 1. The van der Waals surface area contributed by atoms with Gasteiger partial charge in [-0.3, -0.25) is 4.99 Å². The molecule has 0 aliphatic rings. The summed E-state index contributed by atoms with van der Waals surface area (Å²) in [5.41, 5.74) is 0.874. The third-order valence-corrected chi connectivity index (χ3v) is 4.10. The maximum Gasteiger partial charge on any atom is 0.416 e. The Morgan fingerprint density at radius 1 is 1.00 bits per heavy atom. The molecule has 0 saturated heterocycles. The highest BCUT2D eigenvalue weighted by atomic mass is 127. The number of benzene rings is 2. The average Bonchev–Trinajstić information content (AvgIpc) is 2.68. The van der Waals surface area contributed by atoms with Crippen molar-refractivity contribution in [2.75, 3.05) is 34.3 Å². The second kappa shape index (κ2) is 12.6. The number of likely N-dealkylation sites (N-methyl/N-ethyl adjacent to an activating group) is 1. The third-order valence-electron chi connectivity index (χ3n) is 4.10. The van der Waals surface area contributed by atoms with Gasteiger partial charge >= 0.3 is 6.18 Å². The zero-order chi connectivity index (χ0) is 21.3. The van der Waals surface area contributed by atoms with Crippen molar-refractivity contribution in [2.45, 2.75) is 19.3 Å². The molecule has 0 fully saturated rings. The fourth-order valence-corrected chi connectivity index (χ4v) is 2.54. The molecule has 9 heteroatoms. The van der Waals surface area contributed by atoms with Gasteiger partial charge in [0.25, 0.3) is 0 Å². The number of rotatable bonds is 8. The van der Waals surface area contributed by atoms with Gasteiger partial charge in [0.15, 0.2) is 5.96 Å². The van der Waals surface area contributed by atoms with Crippen molar-refractivity contribution in [1.82, 2.24) is 15.5 Å². The number of alkyl halides is 3. The molecule has 0 radical (unpaired) electrons. The van der Waals surface area contributed by atoms with Gasteiger partial charge < -0.3 is 20.3 Å². The lowest BCUT2D eigenvalue weighted by Crippen LogP contribution is -2.36. The van der Waals surface area contributed by atoms with Gasteiger partial charge in [-0.05, 0) is 49.5 Å². The van der Waals surface area contributed by atoms with Gasteiger partial charge in [-0.15, -0.1) is 24.0 Å². The highest BCUT2D eigenvalue weighted by molar-refractivity contribution is 14.0. The van der Waals surface area contributed by atoms with Crippen LogP contribution in [0.2, 0.25) is 0 Å². The van der Waals surface area contributed by atoms with E-state index < -0.39 is 11.7 Å². The zero-order valence-electron chi connectivity index (χ0n) is 17.3. The van der Waals surface area contributed by atoms with Gasteiger partial charge in [0.05, 0.1) is 5.56 Å². The fraction of sp³-hybridized carbons (Fsp3) is 0.381. The largest absolute Gasteiger partial charge is 0.492 e. The van der Waals surface area contributed by atoms with E-state index in [4.69, 9.17) is 4.74 Å². The highest BCUT2D eigenvalue weighted by Gasteiger charge is 2.30. The lowest BCUT2D eigenvalue weighted by Gasteiger charge is -2.14. The number of nitrogens with zero attached hydrogens (tertiary/aromatic N) is 2. The van der Waals surface area contributed by atoms with Crippen LogP contribution in [0.5, 0.6) is 5.75 Å². The van der Waals surface area contributed by atoms with Crippen molar-refractivity contribution in [3.05, 3.63) is 65.2 Å². The topological polar surface area (TPSA) is 48.9 Å². The summed E-state index contributed by atoms with van der Waals surface area (Å²) >= 11 is 0.